The molecule has 0 saturated carbocycles. The van der Waals surface area contributed by atoms with Crippen LogP contribution in [0, 0.1) is 13.8 Å². The molecule has 0 bridgehead atoms. The predicted octanol–water partition coefficient (Wildman–Crippen LogP) is 0.610. The second-order valence-corrected chi connectivity index (χ2v) is 8.65. The first-order valence-electron chi connectivity index (χ1n) is 8.83. The first-order valence-corrected chi connectivity index (χ1v) is 10.3. The topological polar surface area (TPSA) is 87.0 Å². The normalized spacial score (nSPS) is 20.8. The summed E-state index contributed by atoms with van der Waals surface area (Å²) < 4.78 is 32.3. The number of likely N-dealkylation sites (tertiary alicyclic amines) is 1. The summed E-state index contributed by atoms with van der Waals surface area (Å²) in [5.74, 6) is 0.474. The van der Waals surface area contributed by atoms with Crippen molar-refractivity contribution in [3.05, 3.63) is 11.5 Å². The molecular formula is C16H26N4O4S. The number of nitrogens with zero attached hydrogens (tertiary/aromatic N) is 4. The van der Waals surface area contributed by atoms with Crippen molar-refractivity contribution in [2.24, 2.45) is 0 Å². The Hall–Kier alpha value is -1.45. The lowest BCUT2D eigenvalue weighted by Crippen LogP contribution is -2.41. The van der Waals surface area contributed by atoms with Gasteiger partial charge in [-0.1, -0.05) is 5.16 Å². The molecule has 2 aliphatic rings. The van der Waals surface area contributed by atoms with Gasteiger partial charge in [0.15, 0.2) is 5.76 Å². The maximum atomic E-state index is 12.9. The smallest absolute Gasteiger partial charge is 0.248 e. The molecule has 3 rings (SSSR count). The summed E-state index contributed by atoms with van der Waals surface area (Å²) in [6, 6.07) is 0. The lowest BCUT2D eigenvalue weighted by Gasteiger charge is -2.23. The second kappa shape index (κ2) is 7.43. The first kappa shape index (κ1) is 18.3. The van der Waals surface area contributed by atoms with E-state index in [1.54, 1.807) is 13.8 Å². The van der Waals surface area contributed by atoms with Crippen molar-refractivity contribution >= 4 is 15.9 Å². The van der Waals surface area contributed by atoms with Crippen molar-refractivity contribution in [2.45, 2.75) is 38.0 Å². The molecule has 2 aliphatic heterocycles. The van der Waals surface area contributed by atoms with Crippen LogP contribution in [0.15, 0.2) is 9.42 Å². The Labute approximate surface area is 148 Å². The van der Waals surface area contributed by atoms with Crippen LogP contribution in [0.5, 0.6) is 0 Å². The van der Waals surface area contributed by atoms with Crippen LogP contribution in [0.4, 0.5) is 0 Å². The zero-order valence-corrected chi connectivity index (χ0v) is 15.7. The molecule has 0 aliphatic carbocycles. The molecule has 0 aromatic carbocycles. The monoisotopic (exact) mass is 370 g/mol. The van der Waals surface area contributed by atoms with E-state index in [4.69, 9.17) is 4.52 Å². The van der Waals surface area contributed by atoms with Crippen LogP contribution in [-0.2, 0) is 14.8 Å². The average Bonchev–Trinajstić information content (AvgIpc) is 3.13. The minimum atomic E-state index is -3.62. The lowest BCUT2D eigenvalue weighted by molar-refractivity contribution is -0.131. The van der Waals surface area contributed by atoms with Gasteiger partial charge in [0.1, 0.15) is 10.6 Å². The second-order valence-electron chi connectivity index (χ2n) is 6.77. The van der Waals surface area contributed by atoms with Crippen molar-refractivity contribution in [1.82, 2.24) is 19.3 Å². The van der Waals surface area contributed by atoms with E-state index in [2.05, 4.69) is 10.1 Å². The highest BCUT2D eigenvalue weighted by atomic mass is 32.2. The quantitative estimate of drug-likeness (QED) is 0.772. The maximum Gasteiger partial charge on any atom is 0.248 e. The molecule has 2 fully saturated rings. The third-order valence-electron chi connectivity index (χ3n) is 4.93. The van der Waals surface area contributed by atoms with Gasteiger partial charge in [-0.3, -0.25) is 9.69 Å². The standard InChI is InChI=1S/C16H26N4O4S/c1-13-16(14(2)24-17-13)25(22,23)20-9-5-6-18(10-11-20)12-15(21)19-7-3-4-8-19/h3-12H2,1-2H3. The van der Waals surface area contributed by atoms with Gasteiger partial charge < -0.3 is 9.42 Å². The Balaban J connectivity index is 1.64. The van der Waals surface area contributed by atoms with E-state index in [0.717, 1.165) is 32.5 Å². The molecule has 0 N–H and O–H groups in total. The van der Waals surface area contributed by atoms with E-state index in [1.807, 2.05) is 4.90 Å². The van der Waals surface area contributed by atoms with E-state index in [1.165, 1.54) is 4.31 Å². The summed E-state index contributed by atoms with van der Waals surface area (Å²) in [5.41, 5.74) is 0.391. The molecule has 1 aromatic rings. The van der Waals surface area contributed by atoms with Gasteiger partial charge in [-0.25, -0.2) is 8.42 Å². The van der Waals surface area contributed by atoms with Crippen molar-refractivity contribution in [2.75, 3.05) is 45.8 Å². The highest BCUT2D eigenvalue weighted by molar-refractivity contribution is 7.89. The fourth-order valence-electron chi connectivity index (χ4n) is 3.58. The van der Waals surface area contributed by atoms with Gasteiger partial charge in [-0.2, -0.15) is 4.31 Å². The Kier molecular flexibility index (Phi) is 5.45. The average molecular weight is 370 g/mol. The first-order chi connectivity index (χ1) is 11.9. The van der Waals surface area contributed by atoms with Gasteiger partial charge in [-0.05, 0) is 39.7 Å². The zero-order chi connectivity index (χ0) is 18.0. The fourth-order valence-corrected chi connectivity index (χ4v) is 5.34. The Morgan fingerprint density at radius 3 is 2.40 bits per heavy atom. The van der Waals surface area contributed by atoms with E-state index in [9.17, 15) is 13.2 Å². The highest BCUT2D eigenvalue weighted by Gasteiger charge is 2.32. The summed E-state index contributed by atoms with van der Waals surface area (Å²) in [7, 11) is -3.62. The summed E-state index contributed by atoms with van der Waals surface area (Å²) in [5, 5.41) is 3.76. The molecule has 25 heavy (non-hydrogen) atoms. The van der Waals surface area contributed by atoms with Crippen molar-refractivity contribution in [3.63, 3.8) is 0 Å². The van der Waals surface area contributed by atoms with Crippen LogP contribution in [0.3, 0.4) is 0 Å². The van der Waals surface area contributed by atoms with Gasteiger partial charge in [0.05, 0.1) is 6.54 Å². The molecule has 0 radical (unpaired) electrons. The van der Waals surface area contributed by atoms with E-state index in [-0.39, 0.29) is 10.8 Å². The van der Waals surface area contributed by atoms with E-state index >= 15 is 0 Å². The maximum absolute atomic E-state index is 12.9. The SMILES string of the molecule is Cc1noc(C)c1S(=O)(=O)N1CCCN(CC(=O)N2CCCC2)CC1. The summed E-state index contributed by atoms with van der Waals surface area (Å²) >= 11 is 0. The third kappa shape index (κ3) is 3.88. The van der Waals surface area contributed by atoms with Crippen LogP contribution in [0.2, 0.25) is 0 Å². The van der Waals surface area contributed by atoms with Crippen LogP contribution < -0.4 is 0 Å². The molecule has 0 spiro atoms. The molecule has 8 nitrogen and oxygen atoms in total. The van der Waals surface area contributed by atoms with Crippen molar-refractivity contribution in [3.8, 4) is 0 Å². The van der Waals surface area contributed by atoms with Crippen LogP contribution >= 0.6 is 0 Å². The fraction of sp³-hybridized carbons (Fsp3) is 0.750. The Morgan fingerprint density at radius 1 is 1.04 bits per heavy atom. The third-order valence-corrected chi connectivity index (χ3v) is 7.07. The molecule has 9 heteroatoms. The van der Waals surface area contributed by atoms with Gasteiger partial charge in [0, 0.05) is 32.7 Å². The number of sulfonamides is 1. The number of carbonyl (C=O) groups is 1. The van der Waals surface area contributed by atoms with E-state index < -0.39 is 10.0 Å². The minimum absolute atomic E-state index is 0.152. The predicted molar refractivity (Wildman–Crippen MR) is 91.6 cm³/mol. The molecule has 140 valence electrons. The van der Waals surface area contributed by atoms with Crippen LogP contribution in [-0.4, -0.2) is 79.4 Å². The molecular weight excluding hydrogens is 344 g/mol. The molecule has 1 aromatic heterocycles. The summed E-state index contributed by atoms with van der Waals surface area (Å²) in [6.07, 6.45) is 2.86. The number of hydrogen-bond acceptors (Lipinski definition) is 6. The number of aromatic nitrogens is 1. The number of amides is 1. The minimum Gasteiger partial charge on any atom is -0.360 e. The van der Waals surface area contributed by atoms with Crippen LogP contribution in [0.25, 0.3) is 0 Å². The summed E-state index contributed by atoms with van der Waals surface area (Å²) in [6.45, 7) is 7.43. The molecule has 1 amide bonds. The van der Waals surface area contributed by atoms with Crippen molar-refractivity contribution < 1.29 is 17.7 Å². The Bertz CT molecular complexity index is 705. The summed E-state index contributed by atoms with van der Waals surface area (Å²) in [4.78, 5) is 16.5. The molecule has 2 saturated heterocycles. The van der Waals surface area contributed by atoms with Gasteiger partial charge in [0.25, 0.3) is 0 Å². The van der Waals surface area contributed by atoms with Gasteiger partial charge >= 0.3 is 0 Å². The zero-order valence-electron chi connectivity index (χ0n) is 14.9. The van der Waals surface area contributed by atoms with Gasteiger partial charge in [-0.15, -0.1) is 0 Å². The number of hydrogen-bond donors (Lipinski definition) is 0. The molecule has 0 unspecified atom stereocenters. The lowest BCUT2D eigenvalue weighted by atomic mass is 10.3. The molecule has 3 heterocycles. The largest absolute Gasteiger partial charge is 0.360 e. The molecule has 0 atom stereocenters. The number of rotatable bonds is 4. The number of carbonyl (C=O) groups excluding carboxylic acids is 1. The van der Waals surface area contributed by atoms with Crippen molar-refractivity contribution in [1.29, 1.82) is 0 Å². The van der Waals surface area contributed by atoms with Crippen LogP contribution in [0.1, 0.15) is 30.7 Å². The van der Waals surface area contributed by atoms with Gasteiger partial charge in [0.2, 0.25) is 15.9 Å². The van der Waals surface area contributed by atoms with E-state index in [0.29, 0.717) is 44.1 Å². The number of aryl methyl sites for hydroxylation is 2. The Morgan fingerprint density at radius 2 is 1.76 bits per heavy atom. The highest BCUT2D eigenvalue weighted by Crippen LogP contribution is 2.24.